The predicted octanol–water partition coefficient (Wildman–Crippen LogP) is 3.54. The van der Waals surface area contributed by atoms with Crippen LogP contribution in [0.5, 0.6) is 11.5 Å². The molecule has 3 nitrogen and oxygen atoms in total. The molecular weight excluding hydrogens is 306 g/mol. The Morgan fingerprint density at radius 1 is 1.37 bits per heavy atom. The molecule has 0 saturated heterocycles. The first-order chi connectivity index (χ1) is 9.20. The number of ether oxygens (including phenoxy) is 2. The lowest BCUT2D eigenvalue weighted by atomic mass is 10.1. The molecule has 0 aliphatic carbocycles. The summed E-state index contributed by atoms with van der Waals surface area (Å²) in [6, 6.07) is 10.0. The largest absolute Gasteiger partial charge is 0.488 e. The molecule has 4 heteroatoms. The molecule has 19 heavy (non-hydrogen) atoms. The molecule has 2 heterocycles. The molecule has 0 fully saturated rings. The van der Waals surface area contributed by atoms with Gasteiger partial charge >= 0.3 is 0 Å². The van der Waals surface area contributed by atoms with Crippen molar-refractivity contribution in [1.82, 2.24) is 4.98 Å². The van der Waals surface area contributed by atoms with E-state index in [0.717, 1.165) is 22.5 Å². The quantitative estimate of drug-likeness (QED) is 0.811. The minimum atomic E-state index is 0.0837. The SMILES string of the molecule is Cc1ccc2c(c1)CC(COc1ccc(Br)nc1)O2. The van der Waals surface area contributed by atoms with Crippen LogP contribution in [0.25, 0.3) is 0 Å². The number of aromatic nitrogens is 1. The van der Waals surface area contributed by atoms with Crippen molar-refractivity contribution < 1.29 is 9.47 Å². The normalized spacial score (nSPS) is 16.8. The lowest BCUT2D eigenvalue weighted by Crippen LogP contribution is -2.22. The highest BCUT2D eigenvalue weighted by molar-refractivity contribution is 9.10. The summed E-state index contributed by atoms with van der Waals surface area (Å²) >= 11 is 3.30. The first kappa shape index (κ1) is 12.5. The average Bonchev–Trinajstić information content (AvgIpc) is 2.80. The highest BCUT2D eigenvalue weighted by Crippen LogP contribution is 2.29. The summed E-state index contributed by atoms with van der Waals surface area (Å²) in [5.74, 6) is 1.74. The second kappa shape index (κ2) is 5.21. The molecule has 0 amide bonds. The summed E-state index contributed by atoms with van der Waals surface area (Å²) in [6.07, 6.45) is 2.69. The zero-order valence-corrected chi connectivity index (χ0v) is 12.2. The van der Waals surface area contributed by atoms with E-state index in [4.69, 9.17) is 9.47 Å². The van der Waals surface area contributed by atoms with Gasteiger partial charge in [-0.1, -0.05) is 17.7 Å². The first-order valence-corrected chi connectivity index (χ1v) is 7.00. The first-order valence-electron chi connectivity index (χ1n) is 6.21. The predicted molar refractivity (Wildman–Crippen MR) is 76.7 cm³/mol. The van der Waals surface area contributed by atoms with E-state index in [1.54, 1.807) is 6.20 Å². The molecule has 0 spiro atoms. The third-order valence-corrected chi connectivity index (χ3v) is 3.56. The Labute approximate surface area is 120 Å². The Balaban J connectivity index is 1.60. The van der Waals surface area contributed by atoms with E-state index in [1.165, 1.54) is 11.1 Å². The molecule has 1 atom stereocenters. The second-order valence-corrected chi connectivity index (χ2v) is 5.50. The number of benzene rings is 1. The number of pyridine rings is 1. The summed E-state index contributed by atoms with van der Waals surface area (Å²) in [7, 11) is 0. The van der Waals surface area contributed by atoms with Crippen molar-refractivity contribution in [3.63, 3.8) is 0 Å². The van der Waals surface area contributed by atoms with E-state index in [-0.39, 0.29) is 6.10 Å². The maximum atomic E-state index is 5.85. The standard InChI is InChI=1S/C15H14BrNO2/c1-10-2-4-14-11(6-10)7-13(19-14)9-18-12-3-5-15(16)17-8-12/h2-6,8,13H,7,9H2,1H3. The molecule has 1 aromatic carbocycles. The molecule has 0 bridgehead atoms. The van der Waals surface area contributed by atoms with E-state index in [0.29, 0.717) is 6.61 Å². The number of fused-ring (bicyclic) bond motifs is 1. The molecule has 1 aliphatic rings. The van der Waals surface area contributed by atoms with Crippen molar-refractivity contribution in [2.45, 2.75) is 19.4 Å². The van der Waals surface area contributed by atoms with E-state index in [9.17, 15) is 0 Å². The number of halogens is 1. The van der Waals surface area contributed by atoms with Crippen LogP contribution in [0.1, 0.15) is 11.1 Å². The van der Waals surface area contributed by atoms with Crippen molar-refractivity contribution in [1.29, 1.82) is 0 Å². The van der Waals surface area contributed by atoms with Crippen molar-refractivity contribution in [3.05, 3.63) is 52.3 Å². The van der Waals surface area contributed by atoms with Gasteiger partial charge < -0.3 is 9.47 Å². The molecule has 2 aromatic rings. The highest BCUT2D eigenvalue weighted by Gasteiger charge is 2.23. The Hall–Kier alpha value is -1.55. The number of nitrogens with zero attached hydrogens (tertiary/aromatic N) is 1. The zero-order valence-electron chi connectivity index (χ0n) is 10.6. The van der Waals surface area contributed by atoms with E-state index < -0.39 is 0 Å². The Morgan fingerprint density at radius 2 is 2.26 bits per heavy atom. The maximum absolute atomic E-state index is 5.85. The van der Waals surface area contributed by atoms with Gasteiger partial charge in [0.15, 0.2) is 0 Å². The molecular formula is C15H14BrNO2. The van der Waals surface area contributed by atoms with Gasteiger partial charge in [0, 0.05) is 6.42 Å². The van der Waals surface area contributed by atoms with E-state index in [2.05, 4.69) is 40.0 Å². The van der Waals surface area contributed by atoms with Gasteiger partial charge in [-0.3, -0.25) is 0 Å². The summed E-state index contributed by atoms with van der Waals surface area (Å²) < 4.78 is 12.4. The summed E-state index contributed by atoms with van der Waals surface area (Å²) in [4.78, 5) is 4.13. The number of hydrogen-bond donors (Lipinski definition) is 0. The van der Waals surface area contributed by atoms with E-state index in [1.807, 2.05) is 18.2 Å². The van der Waals surface area contributed by atoms with Gasteiger partial charge in [-0.05, 0) is 46.6 Å². The summed E-state index contributed by atoms with van der Waals surface area (Å²) in [6.45, 7) is 2.63. The van der Waals surface area contributed by atoms with E-state index >= 15 is 0 Å². The third-order valence-electron chi connectivity index (χ3n) is 3.09. The fourth-order valence-corrected chi connectivity index (χ4v) is 2.41. The van der Waals surface area contributed by atoms with Crippen LogP contribution in [0.3, 0.4) is 0 Å². The van der Waals surface area contributed by atoms with Gasteiger partial charge in [-0.2, -0.15) is 0 Å². The van der Waals surface area contributed by atoms with Crippen LogP contribution in [0.2, 0.25) is 0 Å². The van der Waals surface area contributed by atoms with Gasteiger partial charge in [-0.25, -0.2) is 4.98 Å². The maximum Gasteiger partial charge on any atom is 0.137 e. The summed E-state index contributed by atoms with van der Waals surface area (Å²) in [5.41, 5.74) is 2.53. The number of hydrogen-bond acceptors (Lipinski definition) is 3. The van der Waals surface area contributed by atoms with Crippen LogP contribution in [-0.4, -0.2) is 17.7 Å². The molecule has 0 N–H and O–H groups in total. The van der Waals surface area contributed by atoms with Gasteiger partial charge in [0.25, 0.3) is 0 Å². The summed E-state index contributed by atoms with van der Waals surface area (Å²) in [5, 5.41) is 0. The second-order valence-electron chi connectivity index (χ2n) is 4.68. The third kappa shape index (κ3) is 2.89. The molecule has 1 aliphatic heterocycles. The van der Waals surface area contributed by atoms with Gasteiger partial charge in [0.2, 0.25) is 0 Å². The molecule has 3 rings (SSSR count). The van der Waals surface area contributed by atoms with Crippen LogP contribution in [0, 0.1) is 6.92 Å². The topological polar surface area (TPSA) is 31.4 Å². The monoisotopic (exact) mass is 319 g/mol. The minimum absolute atomic E-state index is 0.0837. The van der Waals surface area contributed by atoms with Crippen molar-refractivity contribution in [3.8, 4) is 11.5 Å². The Kier molecular flexibility index (Phi) is 3.42. The van der Waals surface area contributed by atoms with Gasteiger partial charge in [0.05, 0.1) is 6.20 Å². The molecule has 0 saturated carbocycles. The molecule has 1 aromatic heterocycles. The minimum Gasteiger partial charge on any atom is -0.488 e. The van der Waals surface area contributed by atoms with Crippen LogP contribution in [0.15, 0.2) is 41.1 Å². The Bertz CT molecular complexity index is 583. The molecule has 98 valence electrons. The van der Waals surface area contributed by atoms with Crippen LogP contribution in [0.4, 0.5) is 0 Å². The average molecular weight is 320 g/mol. The number of aryl methyl sites for hydroxylation is 1. The highest BCUT2D eigenvalue weighted by atomic mass is 79.9. The molecule has 1 unspecified atom stereocenters. The Morgan fingerprint density at radius 3 is 3.05 bits per heavy atom. The fraction of sp³-hybridized carbons (Fsp3) is 0.267. The zero-order chi connectivity index (χ0) is 13.2. The smallest absolute Gasteiger partial charge is 0.137 e. The fourth-order valence-electron chi connectivity index (χ4n) is 2.18. The lowest BCUT2D eigenvalue weighted by molar-refractivity contribution is 0.148. The van der Waals surface area contributed by atoms with Crippen molar-refractivity contribution in [2.75, 3.05) is 6.61 Å². The van der Waals surface area contributed by atoms with Gasteiger partial charge in [-0.15, -0.1) is 0 Å². The molecule has 0 radical (unpaired) electrons. The van der Waals surface area contributed by atoms with Crippen LogP contribution >= 0.6 is 15.9 Å². The lowest BCUT2D eigenvalue weighted by Gasteiger charge is -2.12. The van der Waals surface area contributed by atoms with Crippen LogP contribution < -0.4 is 9.47 Å². The van der Waals surface area contributed by atoms with Crippen LogP contribution in [-0.2, 0) is 6.42 Å². The van der Waals surface area contributed by atoms with Crippen molar-refractivity contribution >= 4 is 15.9 Å². The van der Waals surface area contributed by atoms with Crippen molar-refractivity contribution in [2.24, 2.45) is 0 Å². The number of rotatable bonds is 3. The van der Waals surface area contributed by atoms with Gasteiger partial charge in [0.1, 0.15) is 28.8 Å².